The standard InChI is InChI=1S/C25H26N2O5/c1-4-31-25(30)23-17(3)27-16(2)22(23)20(28)15-32-21-13-9-8-12-19(21)24(29)26-14-18-10-6-5-7-11-18/h5-13,27H,4,14-15H2,1-3H3,(H,26,29). The zero-order valence-corrected chi connectivity index (χ0v) is 18.4. The third-order valence-electron chi connectivity index (χ3n) is 4.92. The summed E-state index contributed by atoms with van der Waals surface area (Å²) in [6.45, 7) is 5.39. The molecule has 0 aliphatic heterocycles. The van der Waals surface area contributed by atoms with Gasteiger partial charge in [-0.2, -0.15) is 0 Å². The fourth-order valence-electron chi connectivity index (χ4n) is 3.46. The summed E-state index contributed by atoms with van der Waals surface area (Å²) in [5.74, 6) is -0.959. The molecular weight excluding hydrogens is 408 g/mol. The first-order chi connectivity index (χ1) is 15.4. The van der Waals surface area contributed by atoms with Crippen molar-refractivity contribution < 1.29 is 23.9 Å². The van der Waals surface area contributed by atoms with Gasteiger partial charge in [-0.05, 0) is 38.5 Å². The molecule has 0 bridgehead atoms. The number of carbonyl (C=O) groups excluding carboxylic acids is 3. The summed E-state index contributed by atoms with van der Waals surface area (Å²) >= 11 is 0. The summed E-state index contributed by atoms with van der Waals surface area (Å²) in [4.78, 5) is 40.9. The number of H-pyrrole nitrogens is 1. The number of ether oxygens (including phenoxy) is 2. The lowest BCUT2D eigenvalue weighted by molar-refractivity contribution is 0.0522. The average Bonchev–Trinajstić information content (AvgIpc) is 3.10. The van der Waals surface area contributed by atoms with Crippen molar-refractivity contribution in [1.29, 1.82) is 0 Å². The van der Waals surface area contributed by atoms with Gasteiger partial charge in [0.25, 0.3) is 5.91 Å². The first-order valence-corrected chi connectivity index (χ1v) is 10.4. The van der Waals surface area contributed by atoms with E-state index in [0.29, 0.717) is 23.5 Å². The van der Waals surface area contributed by atoms with Crippen LogP contribution in [0.1, 0.15) is 54.9 Å². The predicted molar refractivity (Wildman–Crippen MR) is 120 cm³/mol. The van der Waals surface area contributed by atoms with Gasteiger partial charge in [-0.15, -0.1) is 0 Å². The second-order valence-corrected chi connectivity index (χ2v) is 7.22. The van der Waals surface area contributed by atoms with Crippen LogP contribution in [0.25, 0.3) is 0 Å². The van der Waals surface area contributed by atoms with Crippen LogP contribution in [0.5, 0.6) is 5.75 Å². The van der Waals surface area contributed by atoms with Crippen molar-refractivity contribution in [3.05, 3.63) is 88.2 Å². The third kappa shape index (κ3) is 5.24. The van der Waals surface area contributed by atoms with Crippen LogP contribution in [0.4, 0.5) is 0 Å². The first-order valence-electron chi connectivity index (χ1n) is 10.4. The Morgan fingerprint density at radius 3 is 2.28 bits per heavy atom. The number of hydrogen-bond acceptors (Lipinski definition) is 5. The Balaban J connectivity index is 1.72. The molecule has 0 atom stereocenters. The van der Waals surface area contributed by atoms with Gasteiger partial charge in [0.15, 0.2) is 6.61 Å². The number of aryl methyl sites for hydroxylation is 2. The average molecular weight is 434 g/mol. The monoisotopic (exact) mass is 434 g/mol. The number of hydrogen-bond donors (Lipinski definition) is 2. The van der Waals surface area contributed by atoms with Gasteiger partial charge in [-0.1, -0.05) is 42.5 Å². The zero-order chi connectivity index (χ0) is 23.1. The van der Waals surface area contributed by atoms with Crippen molar-refractivity contribution in [2.24, 2.45) is 0 Å². The number of para-hydroxylation sites is 1. The smallest absolute Gasteiger partial charge is 0.340 e. The van der Waals surface area contributed by atoms with E-state index < -0.39 is 5.97 Å². The maximum atomic E-state index is 12.9. The topological polar surface area (TPSA) is 97.5 Å². The fraction of sp³-hybridized carbons (Fsp3) is 0.240. The number of aromatic nitrogens is 1. The minimum Gasteiger partial charge on any atom is -0.485 e. The largest absolute Gasteiger partial charge is 0.485 e. The van der Waals surface area contributed by atoms with Crippen molar-refractivity contribution in [1.82, 2.24) is 10.3 Å². The lowest BCUT2D eigenvalue weighted by Crippen LogP contribution is -2.24. The first kappa shape index (κ1) is 22.8. The number of Topliss-reactive ketones (excluding diaryl/α,β-unsaturated/α-hetero) is 1. The van der Waals surface area contributed by atoms with E-state index in [-0.39, 0.29) is 41.8 Å². The summed E-state index contributed by atoms with van der Waals surface area (Å²) in [5, 5.41) is 2.86. The van der Waals surface area contributed by atoms with E-state index in [0.717, 1.165) is 5.56 Å². The summed E-state index contributed by atoms with van der Waals surface area (Å²) in [7, 11) is 0. The SMILES string of the molecule is CCOC(=O)c1c(C)[nH]c(C)c1C(=O)COc1ccccc1C(=O)NCc1ccccc1. The van der Waals surface area contributed by atoms with Crippen LogP contribution < -0.4 is 10.1 Å². The van der Waals surface area contributed by atoms with Crippen molar-refractivity contribution in [2.45, 2.75) is 27.3 Å². The lowest BCUT2D eigenvalue weighted by Gasteiger charge is -2.12. The highest BCUT2D eigenvalue weighted by Gasteiger charge is 2.26. The number of esters is 1. The Bertz CT molecular complexity index is 1120. The van der Waals surface area contributed by atoms with Crippen molar-refractivity contribution in [2.75, 3.05) is 13.2 Å². The van der Waals surface area contributed by atoms with Gasteiger partial charge < -0.3 is 19.8 Å². The van der Waals surface area contributed by atoms with Gasteiger partial charge in [-0.25, -0.2) is 4.79 Å². The number of aromatic amines is 1. The van der Waals surface area contributed by atoms with Crippen LogP contribution in [0.3, 0.4) is 0 Å². The molecule has 0 saturated carbocycles. The molecule has 166 valence electrons. The maximum absolute atomic E-state index is 12.9. The number of amides is 1. The molecule has 3 rings (SSSR count). The molecule has 7 nitrogen and oxygen atoms in total. The normalized spacial score (nSPS) is 10.5. The van der Waals surface area contributed by atoms with Crippen LogP contribution in [0, 0.1) is 13.8 Å². The molecule has 2 aromatic carbocycles. The number of benzene rings is 2. The highest BCUT2D eigenvalue weighted by Crippen LogP contribution is 2.22. The van der Waals surface area contributed by atoms with Gasteiger partial charge in [0, 0.05) is 17.9 Å². The van der Waals surface area contributed by atoms with Gasteiger partial charge >= 0.3 is 5.97 Å². The molecule has 0 unspecified atom stereocenters. The number of ketones is 1. The van der Waals surface area contributed by atoms with Crippen LogP contribution in [-0.4, -0.2) is 35.9 Å². The molecule has 0 spiro atoms. The highest BCUT2D eigenvalue weighted by atomic mass is 16.5. The molecule has 1 amide bonds. The lowest BCUT2D eigenvalue weighted by atomic mass is 10.1. The Hall–Kier alpha value is -3.87. The molecule has 32 heavy (non-hydrogen) atoms. The molecule has 0 aliphatic rings. The van der Waals surface area contributed by atoms with Gasteiger partial charge in [0.2, 0.25) is 5.78 Å². The van der Waals surface area contributed by atoms with Gasteiger partial charge in [0.1, 0.15) is 5.75 Å². The van der Waals surface area contributed by atoms with Gasteiger partial charge in [0.05, 0.1) is 23.3 Å². The van der Waals surface area contributed by atoms with E-state index in [1.165, 1.54) is 0 Å². The maximum Gasteiger partial charge on any atom is 0.340 e. The molecule has 7 heteroatoms. The van der Waals surface area contributed by atoms with Gasteiger partial charge in [-0.3, -0.25) is 9.59 Å². The van der Waals surface area contributed by atoms with Crippen molar-refractivity contribution in [3.63, 3.8) is 0 Å². The van der Waals surface area contributed by atoms with Crippen molar-refractivity contribution in [3.8, 4) is 5.75 Å². The number of carbonyl (C=O) groups is 3. The quantitative estimate of drug-likeness (QED) is 0.392. The highest BCUT2D eigenvalue weighted by molar-refractivity contribution is 6.09. The Morgan fingerprint density at radius 1 is 0.906 bits per heavy atom. The molecule has 3 aromatic rings. The van der Waals surface area contributed by atoms with Crippen LogP contribution in [-0.2, 0) is 11.3 Å². The molecule has 0 saturated heterocycles. The molecule has 2 N–H and O–H groups in total. The van der Waals surface area contributed by atoms with E-state index in [1.807, 2.05) is 30.3 Å². The molecular formula is C25H26N2O5. The number of rotatable bonds is 9. The van der Waals surface area contributed by atoms with E-state index in [9.17, 15) is 14.4 Å². The summed E-state index contributed by atoms with van der Waals surface area (Å²) in [5.41, 5.74) is 2.87. The van der Waals surface area contributed by atoms with E-state index in [1.54, 1.807) is 45.0 Å². The summed E-state index contributed by atoms with van der Waals surface area (Å²) in [6, 6.07) is 16.3. The Morgan fingerprint density at radius 2 is 1.56 bits per heavy atom. The summed E-state index contributed by atoms with van der Waals surface area (Å²) in [6.07, 6.45) is 0. The minimum absolute atomic E-state index is 0.206. The van der Waals surface area contributed by atoms with Crippen LogP contribution >= 0.6 is 0 Å². The third-order valence-corrected chi connectivity index (χ3v) is 4.92. The minimum atomic E-state index is -0.557. The van der Waals surface area contributed by atoms with Crippen molar-refractivity contribution >= 4 is 17.7 Å². The summed E-state index contributed by atoms with van der Waals surface area (Å²) < 4.78 is 10.8. The second-order valence-electron chi connectivity index (χ2n) is 7.22. The number of nitrogens with one attached hydrogen (secondary N) is 2. The molecule has 1 aromatic heterocycles. The van der Waals surface area contributed by atoms with E-state index >= 15 is 0 Å². The zero-order valence-electron chi connectivity index (χ0n) is 18.4. The second kappa shape index (κ2) is 10.4. The predicted octanol–water partition coefficient (Wildman–Crippen LogP) is 4.00. The molecule has 0 radical (unpaired) electrons. The Labute approximate surface area is 186 Å². The molecule has 0 aliphatic carbocycles. The fourth-order valence-corrected chi connectivity index (χ4v) is 3.46. The van der Waals surface area contributed by atoms with E-state index in [2.05, 4.69) is 10.3 Å². The van der Waals surface area contributed by atoms with Crippen LogP contribution in [0.15, 0.2) is 54.6 Å². The molecule has 1 heterocycles. The van der Waals surface area contributed by atoms with E-state index in [4.69, 9.17) is 9.47 Å². The van der Waals surface area contributed by atoms with Crippen LogP contribution in [0.2, 0.25) is 0 Å². The Kier molecular flexibility index (Phi) is 7.44. The molecule has 0 fully saturated rings.